The minimum absolute atomic E-state index is 0.0658. The van der Waals surface area contributed by atoms with E-state index in [1.807, 2.05) is 16.7 Å². The molecule has 5 rings (SSSR count). The van der Waals surface area contributed by atoms with Gasteiger partial charge in [0.2, 0.25) is 5.91 Å². The topological polar surface area (TPSA) is 72.3 Å². The molecule has 7 nitrogen and oxygen atoms in total. The lowest BCUT2D eigenvalue weighted by Crippen LogP contribution is -2.36. The molecule has 1 aromatic heterocycles. The molecule has 0 unspecified atom stereocenters. The molecular weight excluding hydrogens is 453 g/mol. The maximum absolute atomic E-state index is 14.3. The molecule has 1 aliphatic carbocycles. The Morgan fingerprint density at radius 2 is 1.79 bits per heavy atom. The molecule has 9 heteroatoms. The molecule has 34 heavy (non-hydrogen) atoms. The van der Waals surface area contributed by atoms with Gasteiger partial charge < -0.3 is 10.1 Å². The van der Waals surface area contributed by atoms with Gasteiger partial charge in [0, 0.05) is 32.2 Å². The Bertz CT molecular complexity index is 1140. The normalized spacial score (nSPS) is 16.5. The van der Waals surface area contributed by atoms with Gasteiger partial charge in [-0.1, -0.05) is 48.2 Å². The number of benzene rings is 2. The Labute approximate surface area is 202 Å². The summed E-state index contributed by atoms with van der Waals surface area (Å²) in [4.78, 5) is 15.0. The fraction of sp³-hybridized carbons (Fsp3) is 0.400. The van der Waals surface area contributed by atoms with Gasteiger partial charge in [0.05, 0.1) is 24.5 Å². The lowest BCUT2D eigenvalue weighted by Gasteiger charge is -2.27. The molecule has 0 atom stereocenters. The van der Waals surface area contributed by atoms with E-state index in [4.69, 9.17) is 4.74 Å². The van der Waals surface area contributed by atoms with Crippen LogP contribution in [0.15, 0.2) is 53.7 Å². The number of hydrogen-bond donors (Lipinski definition) is 1. The fourth-order valence-corrected chi connectivity index (χ4v) is 4.96. The third-order valence-electron chi connectivity index (χ3n) is 6.12. The third-order valence-corrected chi connectivity index (χ3v) is 7.06. The van der Waals surface area contributed by atoms with Gasteiger partial charge in [-0.15, -0.1) is 10.2 Å². The zero-order valence-corrected chi connectivity index (χ0v) is 19.8. The SMILES string of the molecule is O=C(CSc1nnc(-c2ccccc2F)n1C1CC1)NCc1ccccc1CN1CCOCC1. The second-order valence-electron chi connectivity index (χ2n) is 8.61. The van der Waals surface area contributed by atoms with E-state index in [0.717, 1.165) is 51.3 Å². The molecule has 2 fully saturated rings. The molecular formula is C25H28FN5O2S. The van der Waals surface area contributed by atoms with Crippen LogP contribution in [0.3, 0.4) is 0 Å². The van der Waals surface area contributed by atoms with E-state index in [2.05, 4.69) is 32.5 Å². The van der Waals surface area contributed by atoms with Crippen LogP contribution < -0.4 is 5.32 Å². The van der Waals surface area contributed by atoms with Crippen LogP contribution in [0, 0.1) is 5.82 Å². The number of nitrogens with one attached hydrogen (secondary N) is 1. The summed E-state index contributed by atoms with van der Waals surface area (Å²) < 4.78 is 21.8. The first-order chi connectivity index (χ1) is 16.7. The molecule has 0 radical (unpaired) electrons. The Hall–Kier alpha value is -2.75. The molecule has 2 aliphatic rings. The molecule has 1 amide bonds. The molecule has 1 aliphatic heterocycles. The first-order valence-corrected chi connectivity index (χ1v) is 12.6. The van der Waals surface area contributed by atoms with Crippen molar-refractivity contribution in [2.75, 3.05) is 32.1 Å². The van der Waals surface area contributed by atoms with Crippen LogP contribution in [0.4, 0.5) is 4.39 Å². The number of nitrogens with zero attached hydrogens (tertiary/aromatic N) is 4. The van der Waals surface area contributed by atoms with E-state index in [1.54, 1.807) is 18.2 Å². The lowest BCUT2D eigenvalue weighted by molar-refractivity contribution is -0.118. The quantitative estimate of drug-likeness (QED) is 0.471. The number of halogens is 1. The van der Waals surface area contributed by atoms with Crippen LogP contribution >= 0.6 is 11.8 Å². The minimum atomic E-state index is -0.318. The van der Waals surface area contributed by atoms with E-state index in [0.29, 0.717) is 23.1 Å². The second kappa shape index (κ2) is 10.7. The standard InChI is InChI=1S/C25H28FN5O2S/c26-22-8-4-3-7-21(22)24-28-29-25(31(24)20-9-10-20)34-17-23(32)27-15-18-5-1-2-6-19(18)16-30-11-13-33-14-12-30/h1-8,20H,9-17H2,(H,27,32). The predicted molar refractivity (Wildman–Crippen MR) is 129 cm³/mol. The molecule has 3 aromatic rings. The van der Waals surface area contributed by atoms with E-state index < -0.39 is 0 Å². The molecule has 2 heterocycles. The lowest BCUT2D eigenvalue weighted by atomic mass is 10.1. The number of carbonyl (C=O) groups excluding carboxylic acids is 1. The van der Waals surface area contributed by atoms with Gasteiger partial charge >= 0.3 is 0 Å². The average molecular weight is 482 g/mol. The zero-order valence-electron chi connectivity index (χ0n) is 19.0. The van der Waals surface area contributed by atoms with Crippen LogP contribution in [0.25, 0.3) is 11.4 Å². The molecule has 178 valence electrons. The van der Waals surface area contributed by atoms with Gasteiger partial charge in [-0.2, -0.15) is 0 Å². The highest BCUT2D eigenvalue weighted by atomic mass is 32.2. The number of morpholine rings is 1. The highest BCUT2D eigenvalue weighted by Crippen LogP contribution is 2.41. The van der Waals surface area contributed by atoms with Crippen molar-refractivity contribution in [3.8, 4) is 11.4 Å². The molecule has 1 saturated carbocycles. The van der Waals surface area contributed by atoms with Gasteiger partial charge in [-0.05, 0) is 36.1 Å². The number of aromatic nitrogens is 3. The van der Waals surface area contributed by atoms with Crippen molar-refractivity contribution in [1.29, 1.82) is 0 Å². The predicted octanol–water partition coefficient (Wildman–Crippen LogP) is 3.66. The van der Waals surface area contributed by atoms with Crippen molar-refractivity contribution in [3.05, 3.63) is 65.5 Å². The molecule has 0 spiro atoms. The Kier molecular flexibility index (Phi) is 7.22. The fourth-order valence-electron chi connectivity index (χ4n) is 4.12. The van der Waals surface area contributed by atoms with E-state index in [9.17, 15) is 9.18 Å². The van der Waals surface area contributed by atoms with Crippen LogP contribution in [-0.2, 0) is 22.6 Å². The summed E-state index contributed by atoms with van der Waals surface area (Å²) in [5, 5.41) is 12.2. The smallest absolute Gasteiger partial charge is 0.230 e. The number of carbonyl (C=O) groups is 1. The first kappa shape index (κ1) is 23.0. The van der Waals surface area contributed by atoms with Crippen molar-refractivity contribution < 1.29 is 13.9 Å². The minimum Gasteiger partial charge on any atom is -0.379 e. The monoisotopic (exact) mass is 481 g/mol. The van der Waals surface area contributed by atoms with Crippen molar-refractivity contribution in [2.45, 2.75) is 37.1 Å². The van der Waals surface area contributed by atoms with Crippen molar-refractivity contribution in [1.82, 2.24) is 25.0 Å². The maximum Gasteiger partial charge on any atom is 0.230 e. The van der Waals surface area contributed by atoms with Crippen molar-refractivity contribution in [2.24, 2.45) is 0 Å². The molecule has 0 bridgehead atoms. The molecule has 1 N–H and O–H groups in total. The van der Waals surface area contributed by atoms with Crippen LogP contribution in [0.5, 0.6) is 0 Å². The van der Waals surface area contributed by atoms with Crippen molar-refractivity contribution in [3.63, 3.8) is 0 Å². The van der Waals surface area contributed by atoms with Gasteiger partial charge in [0.1, 0.15) is 5.82 Å². The summed E-state index contributed by atoms with van der Waals surface area (Å²) in [6.07, 6.45) is 2.03. The summed E-state index contributed by atoms with van der Waals surface area (Å²) in [6, 6.07) is 15.1. The van der Waals surface area contributed by atoms with Crippen LogP contribution in [0.1, 0.15) is 30.0 Å². The Morgan fingerprint density at radius 3 is 2.56 bits per heavy atom. The first-order valence-electron chi connectivity index (χ1n) is 11.6. The van der Waals surface area contributed by atoms with E-state index in [-0.39, 0.29) is 23.5 Å². The van der Waals surface area contributed by atoms with Crippen LogP contribution in [-0.4, -0.2) is 57.6 Å². The summed E-state index contributed by atoms with van der Waals surface area (Å²) >= 11 is 1.35. The summed E-state index contributed by atoms with van der Waals surface area (Å²) in [6.45, 7) is 4.71. The van der Waals surface area contributed by atoms with Gasteiger partial charge in [-0.25, -0.2) is 4.39 Å². The summed E-state index contributed by atoms with van der Waals surface area (Å²) in [5.41, 5.74) is 2.78. The number of thioether (sulfide) groups is 1. The number of hydrogen-bond acceptors (Lipinski definition) is 6. The number of ether oxygens (including phenoxy) is 1. The highest BCUT2D eigenvalue weighted by molar-refractivity contribution is 7.99. The van der Waals surface area contributed by atoms with E-state index >= 15 is 0 Å². The van der Waals surface area contributed by atoms with Crippen molar-refractivity contribution >= 4 is 17.7 Å². The third kappa shape index (κ3) is 5.48. The number of rotatable bonds is 9. The van der Waals surface area contributed by atoms with E-state index in [1.165, 1.54) is 23.4 Å². The molecule has 2 aromatic carbocycles. The Balaban J connectivity index is 1.20. The average Bonchev–Trinajstić information content (AvgIpc) is 3.62. The second-order valence-corrected chi connectivity index (χ2v) is 9.55. The Morgan fingerprint density at radius 1 is 1.06 bits per heavy atom. The summed E-state index contributed by atoms with van der Waals surface area (Å²) in [7, 11) is 0. The van der Waals surface area contributed by atoms with Gasteiger partial charge in [-0.3, -0.25) is 14.3 Å². The highest BCUT2D eigenvalue weighted by Gasteiger charge is 2.31. The summed E-state index contributed by atoms with van der Waals surface area (Å²) in [5.74, 6) is 0.375. The van der Waals surface area contributed by atoms with Gasteiger partial charge in [0.25, 0.3) is 0 Å². The molecule has 1 saturated heterocycles. The van der Waals surface area contributed by atoms with Crippen LogP contribution in [0.2, 0.25) is 0 Å². The van der Waals surface area contributed by atoms with Gasteiger partial charge in [0.15, 0.2) is 11.0 Å². The zero-order chi connectivity index (χ0) is 23.3. The largest absolute Gasteiger partial charge is 0.379 e. The maximum atomic E-state index is 14.3. The number of amides is 1.